The fraction of sp³-hybridized carbons (Fsp3) is 0.588. The Kier molecular flexibility index (Phi) is 4.99. The van der Waals surface area contributed by atoms with Crippen LogP contribution in [-0.2, 0) is 4.79 Å². The molecule has 1 aliphatic carbocycles. The molecule has 1 heterocycles. The number of hydrogen-bond acceptors (Lipinski definition) is 1. The first-order valence-electron chi connectivity index (χ1n) is 8.20. The van der Waals surface area contributed by atoms with Gasteiger partial charge in [-0.25, -0.2) is 4.39 Å². The monoisotopic (exact) mass is 325 g/mol. The number of fused-ring (bicyclic) bond motifs is 1. The lowest BCUT2D eigenvalue weighted by Gasteiger charge is -2.38. The van der Waals surface area contributed by atoms with Crippen LogP contribution in [0.4, 0.5) is 10.1 Å². The maximum atomic E-state index is 13.6. The molecule has 1 amide bonds. The summed E-state index contributed by atoms with van der Waals surface area (Å²) in [6.07, 6.45) is 6.58. The molecule has 3 nitrogen and oxygen atoms in total. The van der Waals surface area contributed by atoms with Crippen molar-refractivity contribution in [3.05, 3.63) is 29.0 Å². The van der Waals surface area contributed by atoms with Crippen LogP contribution in [0.25, 0.3) is 0 Å². The van der Waals surface area contributed by atoms with Gasteiger partial charge in [0, 0.05) is 10.9 Å². The van der Waals surface area contributed by atoms with Gasteiger partial charge in [-0.15, -0.1) is 0 Å². The number of anilines is 1. The van der Waals surface area contributed by atoms with E-state index in [1.807, 2.05) is 0 Å². The zero-order valence-corrected chi connectivity index (χ0v) is 13.5. The molecule has 0 radical (unpaired) electrons. The minimum absolute atomic E-state index is 0.134. The molecule has 1 aliphatic heterocycles. The predicted molar refractivity (Wildman–Crippen MR) is 85.7 cm³/mol. The Balaban J connectivity index is 1.54. The normalized spacial score (nSPS) is 28.0. The Morgan fingerprint density at radius 1 is 1.27 bits per heavy atom. The average Bonchev–Trinajstić information content (AvgIpc) is 2.51. The molecular weight excluding hydrogens is 303 g/mol. The third kappa shape index (κ3) is 3.79. The Morgan fingerprint density at radius 2 is 2.05 bits per heavy atom. The van der Waals surface area contributed by atoms with Gasteiger partial charge >= 0.3 is 0 Å². The lowest BCUT2D eigenvalue weighted by molar-refractivity contribution is -0.902. The Hall–Kier alpha value is -1.13. The van der Waals surface area contributed by atoms with Crippen LogP contribution in [0.15, 0.2) is 18.2 Å². The van der Waals surface area contributed by atoms with Gasteiger partial charge in [-0.3, -0.25) is 4.79 Å². The standard InChI is InChI=1S/C17H22ClFN2O/c18-14-5-6-15(19)16(9-14)20-17(22)11-21-8-7-12-3-1-2-4-13(12)10-21/h5-6,9,12-13H,1-4,7-8,10-11H2,(H,20,22)/p+1/t12-,13+/m0/s1. The van der Waals surface area contributed by atoms with Crippen molar-refractivity contribution in [3.63, 3.8) is 0 Å². The number of piperidine rings is 1. The molecule has 120 valence electrons. The second-order valence-electron chi connectivity index (χ2n) is 6.65. The summed E-state index contributed by atoms with van der Waals surface area (Å²) in [7, 11) is 0. The highest BCUT2D eigenvalue weighted by Gasteiger charge is 2.34. The third-order valence-electron chi connectivity index (χ3n) is 5.10. The summed E-state index contributed by atoms with van der Waals surface area (Å²) in [6, 6.07) is 4.21. The molecule has 1 unspecified atom stereocenters. The minimum atomic E-state index is -0.446. The highest BCUT2D eigenvalue weighted by Crippen LogP contribution is 2.32. The highest BCUT2D eigenvalue weighted by atomic mass is 35.5. The van der Waals surface area contributed by atoms with Crippen molar-refractivity contribution in [2.24, 2.45) is 11.8 Å². The molecule has 22 heavy (non-hydrogen) atoms. The van der Waals surface area contributed by atoms with E-state index in [2.05, 4.69) is 5.32 Å². The molecule has 1 saturated carbocycles. The quantitative estimate of drug-likeness (QED) is 0.879. The number of carbonyl (C=O) groups excluding carboxylic acids is 1. The molecule has 0 bridgehead atoms. The summed E-state index contributed by atoms with van der Waals surface area (Å²) >= 11 is 5.85. The molecule has 3 atom stereocenters. The van der Waals surface area contributed by atoms with E-state index in [0.717, 1.165) is 24.9 Å². The molecule has 3 rings (SSSR count). The second-order valence-corrected chi connectivity index (χ2v) is 7.08. The van der Waals surface area contributed by atoms with E-state index in [0.29, 0.717) is 11.6 Å². The molecular formula is C17H23ClFN2O+. The van der Waals surface area contributed by atoms with Crippen molar-refractivity contribution in [3.8, 4) is 0 Å². The number of hydrogen-bond donors (Lipinski definition) is 2. The molecule has 2 fully saturated rings. The fourth-order valence-electron chi connectivity index (χ4n) is 3.97. The summed E-state index contributed by atoms with van der Waals surface area (Å²) in [5, 5.41) is 3.07. The van der Waals surface area contributed by atoms with Crippen LogP contribution in [0.5, 0.6) is 0 Å². The van der Waals surface area contributed by atoms with Gasteiger partial charge in [0.25, 0.3) is 5.91 Å². The van der Waals surface area contributed by atoms with Crippen molar-refractivity contribution in [2.75, 3.05) is 25.0 Å². The summed E-state index contributed by atoms with van der Waals surface area (Å²) in [5.74, 6) is 1.06. The molecule has 0 spiro atoms. The molecule has 1 saturated heterocycles. The largest absolute Gasteiger partial charge is 0.327 e. The lowest BCUT2D eigenvalue weighted by atomic mass is 9.75. The van der Waals surface area contributed by atoms with E-state index >= 15 is 0 Å². The van der Waals surface area contributed by atoms with E-state index in [1.54, 1.807) is 0 Å². The average molecular weight is 326 g/mol. The predicted octanol–water partition coefficient (Wildman–Crippen LogP) is 2.51. The highest BCUT2D eigenvalue weighted by molar-refractivity contribution is 6.30. The summed E-state index contributed by atoms with van der Waals surface area (Å²) < 4.78 is 13.6. The van der Waals surface area contributed by atoms with Crippen LogP contribution in [-0.4, -0.2) is 25.5 Å². The summed E-state index contributed by atoms with van der Waals surface area (Å²) in [4.78, 5) is 13.5. The van der Waals surface area contributed by atoms with E-state index in [-0.39, 0.29) is 11.6 Å². The second kappa shape index (κ2) is 6.97. The first-order valence-corrected chi connectivity index (χ1v) is 8.58. The molecule has 2 N–H and O–H groups in total. The third-order valence-corrected chi connectivity index (χ3v) is 5.33. The maximum Gasteiger partial charge on any atom is 0.279 e. The number of nitrogens with one attached hydrogen (secondary N) is 2. The number of likely N-dealkylation sites (tertiary alicyclic amines) is 1. The Bertz CT molecular complexity index is 551. The smallest absolute Gasteiger partial charge is 0.279 e. The number of rotatable bonds is 3. The minimum Gasteiger partial charge on any atom is -0.327 e. The van der Waals surface area contributed by atoms with Crippen LogP contribution < -0.4 is 10.2 Å². The van der Waals surface area contributed by atoms with Gasteiger partial charge < -0.3 is 10.2 Å². The van der Waals surface area contributed by atoms with Gasteiger partial charge in [-0.2, -0.15) is 0 Å². The van der Waals surface area contributed by atoms with Crippen LogP contribution >= 0.6 is 11.6 Å². The van der Waals surface area contributed by atoms with E-state index < -0.39 is 5.82 Å². The maximum absolute atomic E-state index is 13.6. The van der Waals surface area contributed by atoms with Crippen LogP contribution in [0.1, 0.15) is 32.1 Å². The Labute approximate surface area is 135 Å². The van der Waals surface area contributed by atoms with Crippen LogP contribution in [0.3, 0.4) is 0 Å². The van der Waals surface area contributed by atoms with E-state index in [9.17, 15) is 9.18 Å². The molecule has 1 aromatic carbocycles. The Morgan fingerprint density at radius 3 is 2.86 bits per heavy atom. The molecule has 2 aliphatic rings. The van der Waals surface area contributed by atoms with Crippen molar-refractivity contribution in [2.45, 2.75) is 32.1 Å². The van der Waals surface area contributed by atoms with E-state index in [4.69, 9.17) is 11.6 Å². The van der Waals surface area contributed by atoms with Gasteiger partial charge in [-0.05, 0) is 43.4 Å². The zero-order valence-electron chi connectivity index (χ0n) is 12.7. The fourth-order valence-corrected chi connectivity index (χ4v) is 4.14. The zero-order chi connectivity index (χ0) is 15.5. The molecule has 0 aromatic heterocycles. The van der Waals surface area contributed by atoms with Gasteiger partial charge in [0.15, 0.2) is 6.54 Å². The molecule has 5 heteroatoms. The number of halogens is 2. The van der Waals surface area contributed by atoms with Gasteiger partial charge in [0.1, 0.15) is 5.82 Å². The number of quaternary nitrogens is 1. The van der Waals surface area contributed by atoms with Crippen LogP contribution in [0.2, 0.25) is 5.02 Å². The number of benzene rings is 1. The first kappa shape index (κ1) is 15.8. The SMILES string of the molecule is O=C(C[NH+]1CC[C@@H]2CCCC[C@@H]2C1)Nc1cc(Cl)ccc1F. The van der Waals surface area contributed by atoms with Gasteiger partial charge in [0.05, 0.1) is 18.8 Å². The van der Waals surface area contributed by atoms with E-state index in [1.165, 1.54) is 55.2 Å². The van der Waals surface area contributed by atoms with Crippen molar-refractivity contribution in [1.82, 2.24) is 0 Å². The van der Waals surface area contributed by atoms with Crippen LogP contribution in [0, 0.1) is 17.7 Å². The van der Waals surface area contributed by atoms with Gasteiger partial charge in [-0.1, -0.05) is 24.4 Å². The number of carbonyl (C=O) groups is 1. The van der Waals surface area contributed by atoms with Crippen molar-refractivity contribution < 1.29 is 14.1 Å². The van der Waals surface area contributed by atoms with Gasteiger partial charge in [0.2, 0.25) is 0 Å². The topological polar surface area (TPSA) is 33.5 Å². The molecule has 1 aromatic rings. The van der Waals surface area contributed by atoms with Crippen molar-refractivity contribution >= 4 is 23.2 Å². The number of amides is 1. The first-order chi connectivity index (χ1) is 10.6. The summed E-state index contributed by atoms with van der Waals surface area (Å²) in [5.41, 5.74) is 0.171. The lowest BCUT2D eigenvalue weighted by Crippen LogP contribution is -3.15. The summed E-state index contributed by atoms with van der Waals surface area (Å²) in [6.45, 7) is 2.54. The van der Waals surface area contributed by atoms with Crippen molar-refractivity contribution in [1.29, 1.82) is 0 Å².